The van der Waals surface area contributed by atoms with E-state index in [1.54, 1.807) is 0 Å². The number of halogens is 1. The van der Waals surface area contributed by atoms with Crippen LogP contribution in [0.3, 0.4) is 0 Å². The molecule has 0 aliphatic carbocycles. The first-order chi connectivity index (χ1) is 5.17. The van der Waals surface area contributed by atoms with Gasteiger partial charge >= 0.3 is 0 Å². The third kappa shape index (κ3) is 3.67. The summed E-state index contributed by atoms with van der Waals surface area (Å²) in [5.74, 6) is 0. The van der Waals surface area contributed by atoms with Crippen LogP contribution in [0.2, 0.25) is 18.1 Å². The molecule has 0 aromatic rings. The second-order valence-electron chi connectivity index (χ2n) is 4.85. The zero-order valence-electron chi connectivity index (χ0n) is 9.07. The van der Waals surface area contributed by atoms with Crippen molar-refractivity contribution < 1.29 is 8.82 Å². The van der Waals surface area contributed by atoms with Crippen molar-refractivity contribution in [3.05, 3.63) is 0 Å². The van der Waals surface area contributed by atoms with E-state index in [2.05, 4.69) is 33.9 Å². The molecular formula is C9H21FOSi. The van der Waals surface area contributed by atoms with Crippen LogP contribution in [-0.4, -0.2) is 21.1 Å². The molecule has 1 nitrogen and oxygen atoms in total. The van der Waals surface area contributed by atoms with Gasteiger partial charge in [-0.3, -0.25) is 0 Å². The summed E-state index contributed by atoms with van der Waals surface area (Å²) in [5.41, 5.74) is 0. The smallest absolute Gasteiger partial charge is 0.192 e. The molecule has 0 aliphatic rings. The Morgan fingerprint density at radius 1 is 1.33 bits per heavy atom. The molecule has 0 rings (SSSR count). The van der Waals surface area contributed by atoms with Gasteiger partial charge in [-0.1, -0.05) is 20.8 Å². The molecule has 1 unspecified atom stereocenters. The molecule has 3 heteroatoms. The minimum atomic E-state index is -1.71. The minimum Gasteiger partial charge on any atom is -0.414 e. The van der Waals surface area contributed by atoms with Gasteiger partial charge in [-0.25, -0.2) is 4.39 Å². The summed E-state index contributed by atoms with van der Waals surface area (Å²) >= 11 is 0. The van der Waals surface area contributed by atoms with Gasteiger partial charge in [0.2, 0.25) is 0 Å². The Morgan fingerprint density at radius 2 is 1.75 bits per heavy atom. The van der Waals surface area contributed by atoms with Crippen LogP contribution in [0.25, 0.3) is 0 Å². The quantitative estimate of drug-likeness (QED) is 0.623. The maximum Gasteiger partial charge on any atom is 0.192 e. The number of hydrogen-bond acceptors (Lipinski definition) is 1. The van der Waals surface area contributed by atoms with E-state index in [-0.39, 0.29) is 11.6 Å². The fourth-order valence-electron chi connectivity index (χ4n) is 0.540. The molecule has 0 radical (unpaired) electrons. The van der Waals surface area contributed by atoms with E-state index >= 15 is 0 Å². The first kappa shape index (κ1) is 12.1. The second-order valence-corrected chi connectivity index (χ2v) is 9.66. The van der Waals surface area contributed by atoms with Crippen LogP contribution in [-0.2, 0) is 4.43 Å². The van der Waals surface area contributed by atoms with Gasteiger partial charge in [-0.05, 0) is 25.1 Å². The van der Waals surface area contributed by atoms with Crippen molar-refractivity contribution in [1.29, 1.82) is 0 Å². The van der Waals surface area contributed by atoms with Gasteiger partial charge in [0.05, 0.1) is 6.61 Å². The van der Waals surface area contributed by atoms with Crippen molar-refractivity contribution in [2.24, 2.45) is 0 Å². The van der Waals surface area contributed by atoms with Crippen molar-refractivity contribution in [2.45, 2.75) is 52.0 Å². The monoisotopic (exact) mass is 192 g/mol. The van der Waals surface area contributed by atoms with Gasteiger partial charge in [0, 0.05) is 0 Å². The Hall–Kier alpha value is 0.107. The summed E-state index contributed by atoms with van der Waals surface area (Å²) in [5, 5.41) is 0.182. The normalized spacial score (nSPS) is 16.2. The highest BCUT2D eigenvalue weighted by atomic mass is 28.4. The summed E-state index contributed by atoms with van der Waals surface area (Å²) in [6.07, 6.45) is -0.848. The van der Waals surface area contributed by atoms with Crippen molar-refractivity contribution >= 4 is 8.32 Å². The first-order valence-corrected chi connectivity index (χ1v) is 7.35. The van der Waals surface area contributed by atoms with Gasteiger partial charge in [0.15, 0.2) is 8.32 Å². The second kappa shape index (κ2) is 3.88. The molecule has 0 aromatic heterocycles. The molecule has 1 atom stereocenters. The molecule has 0 N–H and O–H groups in total. The van der Waals surface area contributed by atoms with E-state index in [1.165, 1.54) is 6.92 Å². The summed E-state index contributed by atoms with van der Waals surface area (Å²) in [6, 6.07) is 0. The molecular weight excluding hydrogens is 171 g/mol. The van der Waals surface area contributed by atoms with E-state index in [0.29, 0.717) is 0 Å². The molecule has 0 aromatic carbocycles. The molecule has 74 valence electrons. The summed E-state index contributed by atoms with van der Waals surface area (Å²) in [6.45, 7) is 12.5. The first-order valence-electron chi connectivity index (χ1n) is 4.45. The van der Waals surface area contributed by atoms with Crippen molar-refractivity contribution in [3.8, 4) is 0 Å². The van der Waals surface area contributed by atoms with Crippen molar-refractivity contribution in [3.63, 3.8) is 0 Å². The highest BCUT2D eigenvalue weighted by molar-refractivity contribution is 6.74. The molecule has 0 amide bonds. The van der Waals surface area contributed by atoms with Gasteiger partial charge < -0.3 is 4.43 Å². The van der Waals surface area contributed by atoms with Crippen molar-refractivity contribution in [1.82, 2.24) is 0 Å². The average molecular weight is 192 g/mol. The van der Waals surface area contributed by atoms with E-state index in [0.717, 1.165) is 0 Å². The lowest BCUT2D eigenvalue weighted by Gasteiger charge is -2.36. The molecule has 12 heavy (non-hydrogen) atoms. The summed E-state index contributed by atoms with van der Waals surface area (Å²) < 4.78 is 18.1. The summed E-state index contributed by atoms with van der Waals surface area (Å²) in [7, 11) is -1.71. The van der Waals surface area contributed by atoms with Crippen molar-refractivity contribution in [2.75, 3.05) is 6.61 Å². The Labute approximate surface area is 76.4 Å². The predicted molar refractivity (Wildman–Crippen MR) is 53.7 cm³/mol. The molecule has 0 aliphatic heterocycles. The highest BCUT2D eigenvalue weighted by Gasteiger charge is 2.37. The standard InChI is InChI=1S/C9H21FOSi/c1-8(10)7-11-12(5,6)9(2,3)4/h8H,7H2,1-6H3. The maximum atomic E-state index is 12.5. The molecule has 0 spiro atoms. The fraction of sp³-hybridized carbons (Fsp3) is 1.00. The van der Waals surface area contributed by atoms with Crippen LogP contribution in [0.1, 0.15) is 27.7 Å². The van der Waals surface area contributed by atoms with Crippen LogP contribution in [0.15, 0.2) is 0 Å². The van der Waals surface area contributed by atoms with Gasteiger partial charge in [0.1, 0.15) is 6.17 Å². The fourth-order valence-corrected chi connectivity index (χ4v) is 1.62. The third-order valence-corrected chi connectivity index (χ3v) is 6.98. The van der Waals surface area contributed by atoms with Gasteiger partial charge in [-0.2, -0.15) is 0 Å². The van der Waals surface area contributed by atoms with Gasteiger partial charge in [0.25, 0.3) is 0 Å². The van der Waals surface area contributed by atoms with E-state index in [4.69, 9.17) is 4.43 Å². The van der Waals surface area contributed by atoms with Crippen LogP contribution < -0.4 is 0 Å². The van der Waals surface area contributed by atoms with Gasteiger partial charge in [-0.15, -0.1) is 0 Å². The molecule has 0 bridgehead atoms. The Morgan fingerprint density at radius 3 is 2.00 bits per heavy atom. The van der Waals surface area contributed by atoms with E-state index in [9.17, 15) is 4.39 Å². The van der Waals surface area contributed by atoms with Crippen LogP contribution in [0, 0.1) is 0 Å². The molecule has 0 saturated heterocycles. The van der Waals surface area contributed by atoms with E-state index < -0.39 is 14.5 Å². The van der Waals surface area contributed by atoms with Crippen LogP contribution >= 0.6 is 0 Å². The predicted octanol–water partition coefficient (Wildman–Crippen LogP) is 3.37. The molecule has 0 heterocycles. The molecule has 0 fully saturated rings. The number of rotatable bonds is 3. The Bertz CT molecular complexity index is 138. The third-order valence-electron chi connectivity index (χ3n) is 2.48. The summed E-state index contributed by atoms with van der Waals surface area (Å²) in [4.78, 5) is 0. The maximum absolute atomic E-state index is 12.5. The topological polar surface area (TPSA) is 9.23 Å². The zero-order valence-corrected chi connectivity index (χ0v) is 10.1. The zero-order chi connectivity index (χ0) is 9.99. The SMILES string of the molecule is CC(F)CO[Si](C)(C)C(C)(C)C. The lowest BCUT2D eigenvalue weighted by atomic mass is 10.2. The Kier molecular flexibility index (Phi) is 3.91. The highest BCUT2D eigenvalue weighted by Crippen LogP contribution is 2.36. The average Bonchev–Trinajstić information content (AvgIpc) is 1.81. The lowest BCUT2D eigenvalue weighted by molar-refractivity contribution is 0.194. The van der Waals surface area contributed by atoms with E-state index in [1.807, 2.05) is 0 Å². The molecule has 0 saturated carbocycles. The lowest BCUT2D eigenvalue weighted by Crippen LogP contribution is -2.41. The largest absolute Gasteiger partial charge is 0.414 e. The minimum absolute atomic E-state index is 0.182. The van der Waals surface area contributed by atoms with Crippen LogP contribution in [0.5, 0.6) is 0 Å². The number of hydrogen-bond donors (Lipinski definition) is 0. The number of alkyl halides is 1. The Balaban J connectivity index is 4.05. The van der Waals surface area contributed by atoms with Crippen LogP contribution in [0.4, 0.5) is 4.39 Å².